The molecule has 0 saturated heterocycles. The molecular weight excluding hydrogens is 621 g/mol. The SMILES string of the molecule is CC1(C)c2ccccc2-c2ccc(N(c3ccccc3)c3ccc4c(-c5ccccc5)cc5ccc6c(c5c4c3)OC(c3ccccc3)N6)cc21. The summed E-state index contributed by atoms with van der Waals surface area (Å²) in [5.74, 6) is 0.895. The molecule has 1 unspecified atom stereocenters. The molecule has 244 valence electrons. The monoisotopic (exact) mass is 656 g/mol. The Bertz CT molecular complexity index is 2610. The predicted molar refractivity (Wildman–Crippen MR) is 213 cm³/mol. The highest BCUT2D eigenvalue weighted by Gasteiger charge is 2.36. The van der Waals surface area contributed by atoms with Gasteiger partial charge in [0.25, 0.3) is 0 Å². The smallest absolute Gasteiger partial charge is 0.196 e. The Morgan fingerprint density at radius 1 is 0.529 bits per heavy atom. The van der Waals surface area contributed by atoms with E-state index in [0.29, 0.717) is 0 Å². The number of para-hydroxylation sites is 1. The molecular formula is C48H36N2O. The van der Waals surface area contributed by atoms with Crippen molar-refractivity contribution in [2.75, 3.05) is 10.2 Å². The van der Waals surface area contributed by atoms with Crippen molar-refractivity contribution in [3.05, 3.63) is 187 Å². The van der Waals surface area contributed by atoms with Crippen molar-refractivity contribution >= 4 is 44.3 Å². The first-order valence-electron chi connectivity index (χ1n) is 17.7. The van der Waals surface area contributed by atoms with Crippen LogP contribution in [0.2, 0.25) is 0 Å². The fraction of sp³-hybridized carbons (Fsp3) is 0.0833. The third kappa shape index (κ3) is 4.65. The second-order valence-electron chi connectivity index (χ2n) is 14.2. The zero-order valence-electron chi connectivity index (χ0n) is 28.6. The fourth-order valence-electron chi connectivity index (χ4n) is 8.36. The van der Waals surface area contributed by atoms with Crippen molar-refractivity contribution in [1.29, 1.82) is 0 Å². The van der Waals surface area contributed by atoms with E-state index in [1.165, 1.54) is 38.8 Å². The third-order valence-electron chi connectivity index (χ3n) is 10.9. The molecule has 0 bridgehead atoms. The molecule has 0 aromatic heterocycles. The molecule has 0 saturated carbocycles. The van der Waals surface area contributed by atoms with Crippen LogP contribution < -0.4 is 15.0 Å². The van der Waals surface area contributed by atoms with Crippen LogP contribution >= 0.6 is 0 Å². The van der Waals surface area contributed by atoms with Crippen LogP contribution in [0.3, 0.4) is 0 Å². The van der Waals surface area contributed by atoms with Crippen molar-refractivity contribution in [1.82, 2.24) is 0 Å². The Kier molecular flexibility index (Phi) is 6.59. The standard InChI is InChI=1S/C48H36N2O/c1-48(2)42-21-13-12-20-38(42)39-26-24-36(30-43(39)48)50(34-18-10-5-11-19-34)35-23-25-37-40(31-14-6-3-7-15-31)28-33-22-27-44-46(45(33)41(37)29-35)51-47(49-44)32-16-8-4-9-17-32/h3-30,47,49H,1-2H3. The lowest BCUT2D eigenvalue weighted by atomic mass is 9.82. The lowest BCUT2D eigenvalue weighted by Crippen LogP contribution is -2.16. The number of nitrogens with one attached hydrogen (secondary N) is 1. The molecule has 0 fully saturated rings. The maximum absolute atomic E-state index is 6.81. The summed E-state index contributed by atoms with van der Waals surface area (Å²) in [6.07, 6.45) is -0.251. The van der Waals surface area contributed by atoms with Gasteiger partial charge in [0, 0.05) is 33.4 Å². The second kappa shape index (κ2) is 11.4. The van der Waals surface area contributed by atoms with Gasteiger partial charge in [-0.3, -0.25) is 0 Å². The fourth-order valence-corrected chi connectivity index (χ4v) is 8.36. The Labute approximate surface area is 298 Å². The molecule has 1 atom stereocenters. The van der Waals surface area contributed by atoms with Crippen LogP contribution in [0.25, 0.3) is 43.8 Å². The van der Waals surface area contributed by atoms with Gasteiger partial charge in [-0.25, -0.2) is 0 Å². The van der Waals surface area contributed by atoms with Gasteiger partial charge >= 0.3 is 0 Å². The van der Waals surface area contributed by atoms with Gasteiger partial charge in [0.2, 0.25) is 0 Å². The topological polar surface area (TPSA) is 24.5 Å². The van der Waals surface area contributed by atoms with Gasteiger partial charge in [-0.2, -0.15) is 0 Å². The van der Waals surface area contributed by atoms with Gasteiger partial charge in [0.1, 0.15) is 0 Å². The van der Waals surface area contributed by atoms with E-state index < -0.39 is 0 Å². The summed E-state index contributed by atoms with van der Waals surface area (Å²) in [4.78, 5) is 2.40. The Hall–Kier alpha value is -6.32. The zero-order chi connectivity index (χ0) is 34.1. The minimum absolute atomic E-state index is 0.103. The van der Waals surface area contributed by atoms with E-state index >= 15 is 0 Å². The van der Waals surface area contributed by atoms with E-state index in [9.17, 15) is 0 Å². The molecule has 3 nitrogen and oxygen atoms in total. The average molecular weight is 657 g/mol. The molecule has 0 spiro atoms. The van der Waals surface area contributed by atoms with Crippen molar-refractivity contribution < 1.29 is 4.74 Å². The maximum Gasteiger partial charge on any atom is 0.196 e. The number of anilines is 4. The van der Waals surface area contributed by atoms with E-state index in [1.807, 2.05) is 6.07 Å². The van der Waals surface area contributed by atoms with Crippen LogP contribution in [-0.4, -0.2) is 0 Å². The summed E-state index contributed by atoms with van der Waals surface area (Å²) < 4.78 is 6.81. The first kappa shape index (κ1) is 29.6. The highest BCUT2D eigenvalue weighted by molar-refractivity contribution is 6.18. The van der Waals surface area contributed by atoms with E-state index in [1.54, 1.807) is 0 Å². The van der Waals surface area contributed by atoms with E-state index in [4.69, 9.17) is 4.74 Å². The van der Waals surface area contributed by atoms with Crippen LogP contribution in [0.1, 0.15) is 36.8 Å². The molecule has 1 N–H and O–H groups in total. The first-order valence-corrected chi connectivity index (χ1v) is 17.7. The van der Waals surface area contributed by atoms with Crippen LogP contribution in [-0.2, 0) is 5.41 Å². The van der Waals surface area contributed by atoms with Crippen LogP contribution in [0.5, 0.6) is 5.75 Å². The summed E-state index contributed by atoms with van der Waals surface area (Å²) in [6, 6.07) is 61.3. The van der Waals surface area contributed by atoms with Gasteiger partial charge in [0.15, 0.2) is 12.0 Å². The minimum atomic E-state index is -0.251. The number of nitrogens with zero attached hydrogens (tertiary/aromatic N) is 1. The van der Waals surface area contributed by atoms with E-state index in [-0.39, 0.29) is 11.6 Å². The van der Waals surface area contributed by atoms with E-state index in [0.717, 1.165) is 50.2 Å². The van der Waals surface area contributed by atoms with Gasteiger partial charge in [0.05, 0.1) is 5.69 Å². The molecule has 0 radical (unpaired) electrons. The normalized spacial score (nSPS) is 15.1. The molecule has 8 aromatic carbocycles. The molecule has 0 amide bonds. The predicted octanol–water partition coefficient (Wildman–Crippen LogP) is 12.9. The quantitative estimate of drug-likeness (QED) is 0.187. The summed E-state index contributed by atoms with van der Waals surface area (Å²) in [5, 5.41) is 8.27. The van der Waals surface area contributed by atoms with E-state index in [2.05, 4.69) is 188 Å². The van der Waals surface area contributed by atoms with Gasteiger partial charge in [-0.05, 0) is 98.1 Å². The number of hydrogen-bond acceptors (Lipinski definition) is 3. The molecule has 1 aliphatic heterocycles. The Morgan fingerprint density at radius 3 is 2.00 bits per heavy atom. The van der Waals surface area contributed by atoms with Gasteiger partial charge in [-0.15, -0.1) is 0 Å². The zero-order valence-corrected chi connectivity index (χ0v) is 28.6. The molecule has 8 aromatic rings. The number of hydrogen-bond donors (Lipinski definition) is 1. The molecule has 2 aliphatic rings. The highest BCUT2D eigenvalue weighted by Crippen LogP contribution is 2.52. The molecule has 3 heteroatoms. The Morgan fingerprint density at radius 2 is 1.20 bits per heavy atom. The number of rotatable bonds is 5. The number of fused-ring (bicyclic) bond motifs is 8. The summed E-state index contributed by atoms with van der Waals surface area (Å²) >= 11 is 0. The Balaban J connectivity index is 1.20. The van der Waals surface area contributed by atoms with Crippen molar-refractivity contribution in [3.8, 4) is 28.0 Å². The molecule has 51 heavy (non-hydrogen) atoms. The molecule has 1 aliphatic carbocycles. The molecule has 1 heterocycles. The van der Waals surface area contributed by atoms with Gasteiger partial charge in [-0.1, -0.05) is 135 Å². The largest absolute Gasteiger partial charge is 0.464 e. The van der Waals surface area contributed by atoms with Crippen LogP contribution in [0, 0.1) is 0 Å². The van der Waals surface area contributed by atoms with Crippen molar-refractivity contribution in [2.24, 2.45) is 0 Å². The van der Waals surface area contributed by atoms with Gasteiger partial charge < -0.3 is 15.0 Å². The number of ether oxygens (including phenoxy) is 1. The maximum atomic E-state index is 6.81. The van der Waals surface area contributed by atoms with Crippen LogP contribution in [0.4, 0.5) is 22.7 Å². The summed E-state index contributed by atoms with van der Waals surface area (Å²) in [6.45, 7) is 4.69. The van der Waals surface area contributed by atoms with Crippen molar-refractivity contribution in [3.63, 3.8) is 0 Å². The van der Waals surface area contributed by atoms with Crippen molar-refractivity contribution in [2.45, 2.75) is 25.5 Å². The summed E-state index contributed by atoms with van der Waals surface area (Å²) in [7, 11) is 0. The second-order valence-corrected chi connectivity index (χ2v) is 14.2. The third-order valence-corrected chi connectivity index (χ3v) is 10.9. The lowest BCUT2D eigenvalue weighted by molar-refractivity contribution is 0.263. The van der Waals surface area contributed by atoms with Crippen LogP contribution in [0.15, 0.2) is 170 Å². The molecule has 10 rings (SSSR count). The summed E-state index contributed by atoms with van der Waals surface area (Å²) in [5.41, 5.74) is 13.1. The average Bonchev–Trinajstić information content (AvgIpc) is 3.72. The highest BCUT2D eigenvalue weighted by atomic mass is 16.5. The minimum Gasteiger partial charge on any atom is -0.464 e. The number of benzene rings is 8. The lowest BCUT2D eigenvalue weighted by Gasteiger charge is -2.28. The first-order chi connectivity index (χ1) is 25.0.